The van der Waals surface area contributed by atoms with Crippen molar-refractivity contribution in [1.29, 1.82) is 0 Å². The average Bonchev–Trinajstić information content (AvgIpc) is 3.39. The fourth-order valence-corrected chi connectivity index (χ4v) is 5.32. The summed E-state index contributed by atoms with van der Waals surface area (Å²) in [5, 5.41) is 13.8. The molecule has 2 aliphatic rings. The van der Waals surface area contributed by atoms with E-state index in [1.54, 1.807) is 17.0 Å². The maximum Gasteiger partial charge on any atom is 0.434 e. The lowest BCUT2D eigenvalue weighted by atomic mass is 9.95. The Labute approximate surface area is 236 Å². The van der Waals surface area contributed by atoms with Gasteiger partial charge in [-0.25, -0.2) is 14.6 Å². The molecule has 1 fully saturated rings. The number of fused-ring (bicyclic) bond motifs is 1. The minimum absolute atomic E-state index is 0.229. The number of benzene rings is 2. The first-order valence-corrected chi connectivity index (χ1v) is 13.3. The van der Waals surface area contributed by atoms with E-state index in [9.17, 15) is 24.3 Å². The number of carbonyl (C=O) groups is 4. The van der Waals surface area contributed by atoms with Gasteiger partial charge in [0, 0.05) is 43.3 Å². The van der Waals surface area contributed by atoms with Crippen LogP contribution in [0.4, 0.5) is 4.79 Å². The first-order chi connectivity index (χ1) is 19.8. The van der Waals surface area contributed by atoms with Crippen molar-refractivity contribution >= 4 is 23.9 Å². The number of hydrogen-bond acceptors (Lipinski definition) is 8. The van der Waals surface area contributed by atoms with Gasteiger partial charge < -0.3 is 24.9 Å². The quantitative estimate of drug-likeness (QED) is 0.320. The van der Waals surface area contributed by atoms with Crippen LogP contribution in [0.5, 0.6) is 5.75 Å². The van der Waals surface area contributed by atoms with Crippen LogP contribution >= 0.6 is 0 Å². The molecule has 0 saturated carbocycles. The van der Waals surface area contributed by atoms with E-state index in [-0.39, 0.29) is 29.8 Å². The number of esters is 1. The zero-order valence-electron chi connectivity index (χ0n) is 22.5. The summed E-state index contributed by atoms with van der Waals surface area (Å²) in [6.45, 7) is 1.19. The van der Waals surface area contributed by atoms with Gasteiger partial charge in [-0.1, -0.05) is 36.4 Å². The van der Waals surface area contributed by atoms with Crippen LogP contribution in [0.15, 0.2) is 60.8 Å². The highest BCUT2D eigenvalue weighted by Crippen LogP contribution is 2.34. The molecule has 2 aromatic carbocycles. The van der Waals surface area contributed by atoms with E-state index in [4.69, 9.17) is 9.57 Å². The van der Waals surface area contributed by atoms with E-state index in [2.05, 4.69) is 15.8 Å². The van der Waals surface area contributed by atoms with Gasteiger partial charge in [0.05, 0.1) is 7.11 Å². The number of piperidine rings is 1. The SMILES string of the molecule is COC(=O)C1(NC(=O)c2nccc(-c3ccc(C(=O)NOC(=O)N4CCCCC4)cc3)c2O)Cc2ccccc2C1. The van der Waals surface area contributed by atoms with E-state index < -0.39 is 29.4 Å². The highest BCUT2D eigenvalue weighted by molar-refractivity contribution is 6.01. The number of ether oxygens (including phenoxy) is 1. The number of hydroxylamine groups is 1. The maximum atomic E-state index is 13.3. The molecule has 1 aliphatic heterocycles. The average molecular weight is 559 g/mol. The van der Waals surface area contributed by atoms with Crippen molar-refractivity contribution in [3.63, 3.8) is 0 Å². The van der Waals surface area contributed by atoms with E-state index >= 15 is 0 Å². The summed E-state index contributed by atoms with van der Waals surface area (Å²) >= 11 is 0. The zero-order valence-corrected chi connectivity index (χ0v) is 22.5. The van der Waals surface area contributed by atoms with Crippen LogP contribution in [0.2, 0.25) is 0 Å². The molecule has 0 atom stereocenters. The summed E-state index contributed by atoms with van der Waals surface area (Å²) in [6, 6.07) is 15.2. The minimum atomic E-state index is -1.33. The fourth-order valence-electron chi connectivity index (χ4n) is 5.32. The molecule has 2 heterocycles. The number of aromatic hydroxyl groups is 1. The molecule has 3 aromatic rings. The van der Waals surface area contributed by atoms with Crippen molar-refractivity contribution in [2.24, 2.45) is 0 Å². The highest BCUT2D eigenvalue weighted by Gasteiger charge is 2.46. The Morgan fingerprint density at radius 3 is 2.20 bits per heavy atom. The molecule has 5 rings (SSSR count). The van der Waals surface area contributed by atoms with Crippen molar-refractivity contribution in [2.45, 2.75) is 37.6 Å². The van der Waals surface area contributed by atoms with Crippen molar-refractivity contribution < 1.29 is 33.9 Å². The Bertz CT molecular complexity index is 1460. The number of nitrogens with one attached hydrogen (secondary N) is 2. The second kappa shape index (κ2) is 11.7. The van der Waals surface area contributed by atoms with Gasteiger partial charge in [-0.15, -0.1) is 0 Å². The number of methoxy groups -OCH3 is 1. The Morgan fingerprint density at radius 2 is 1.56 bits per heavy atom. The molecule has 1 aliphatic carbocycles. The van der Waals surface area contributed by atoms with Gasteiger partial charge in [-0.2, -0.15) is 5.48 Å². The topological polar surface area (TPSA) is 147 Å². The molecule has 0 radical (unpaired) electrons. The number of carbonyl (C=O) groups excluding carboxylic acids is 4. The van der Waals surface area contributed by atoms with Gasteiger partial charge in [-0.05, 0) is 54.2 Å². The van der Waals surface area contributed by atoms with Crippen LogP contribution in [-0.4, -0.2) is 64.6 Å². The molecule has 11 heteroatoms. The van der Waals surface area contributed by atoms with Gasteiger partial charge >= 0.3 is 12.1 Å². The van der Waals surface area contributed by atoms with Gasteiger partial charge in [0.25, 0.3) is 11.8 Å². The molecule has 0 bridgehead atoms. The normalized spacial score (nSPS) is 15.4. The van der Waals surface area contributed by atoms with E-state index in [1.165, 1.54) is 31.5 Å². The summed E-state index contributed by atoms with van der Waals surface area (Å²) < 4.78 is 5.02. The Balaban J connectivity index is 1.29. The molecule has 1 saturated heterocycles. The van der Waals surface area contributed by atoms with Gasteiger partial charge in [0.2, 0.25) is 0 Å². The third kappa shape index (κ3) is 5.69. The Morgan fingerprint density at radius 1 is 0.902 bits per heavy atom. The summed E-state index contributed by atoms with van der Waals surface area (Å²) in [6.07, 6.45) is 4.13. The second-order valence-corrected chi connectivity index (χ2v) is 10.1. The molecule has 0 spiro atoms. The number of pyridine rings is 1. The molecule has 11 nitrogen and oxygen atoms in total. The summed E-state index contributed by atoms with van der Waals surface area (Å²) in [5.74, 6) is -2.30. The maximum absolute atomic E-state index is 13.3. The monoisotopic (exact) mass is 558 g/mol. The minimum Gasteiger partial charge on any atom is -0.505 e. The predicted molar refractivity (Wildman–Crippen MR) is 147 cm³/mol. The molecule has 0 unspecified atom stereocenters. The smallest absolute Gasteiger partial charge is 0.434 e. The van der Waals surface area contributed by atoms with Crippen LogP contribution in [0.25, 0.3) is 11.1 Å². The number of rotatable bonds is 5. The summed E-state index contributed by atoms with van der Waals surface area (Å²) in [4.78, 5) is 61.3. The molecule has 41 heavy (non-hydrogen) atoms. The highest BCUT2D eigenvalue weighted by atomic mass is 16.7. The zero-order chi connectivity index (χ0) is 29.0. The van der Waals surface area contributed by atoms with E-state index in [1.807, 2.05) is 24.3 Å². The number of nitrogens with zero attached hydrogens (tertiary/aromatic N) is 2. The van der Waals surface area contributed by atoms with Crippen LogP contribution in [-0.2, 0) is 27.2 Å². The molecule has 1 aromatic heterocycles. The molecule has 212 valence electrons. The largest absolute Gasteiger partial charge is 0.505 e. The number of hydrogen-bond donors (Lipinski definition) is 3. The van der Waals surface area contributed by atoms with Crippen LogP contribution in [0, 0.1) is 0 Å². The number of amides is 3. The van der Waals surface area contributed by atoms with Crippen molar-refractivity contribution in [3.8, 4) is 16.9 Å². The van der Waals surface area contributed by atoms with E-state index in [0.717, 1.165) is 30.4 Å². The molecule has 3 amide bonds. The van der Waals surface area contributed by atoms with Crippen molar-refractivity contribution in [1.82, 2.24) is 20.7 Å². The third-order valence-electron chi connectivity index (χ3n) is 7.47. The second-order valence-electron chi connectivity index (χ2n) is 10.1. The molecule has 3 N–H and O–H groups in total. The summed E-state index contributed by atoms with van der Waals surface area (Å²) in [5.41, 5.74) is 3.48. The lowest BCUT2D eigenvalue weighted by molar-refractivity contribution is -0.147. The first kappa shape index (κ1) is 27.6. The van der Waals surface area contributed by atoms with Crippen LogP contribution < -0.4 is 10.8 Å². The lowest BCUT2D eigenvalue weighted by Crippen LogP contribution is -2.56. The van der Waals surface area contributed by atoms with Crippen LogP contribution in [0.3, 0.4) is 0 Å². The first-order valence-electron chi connectivity index (χ1n) is 13.3. The molecular weight excluding hydrogens is 528 g/mol. The number of likely N-dealkylation sites (tertiary alicyclic amines) is 1. The fraction of sp³-hybridized carbons (Fsp3) is 0.300. The number of aromatic nitrogens is 1. The van der Waals surface area contributed by atoms with Crippen molar-refractivity contribution in [3.05, 3.63) is 83.2 Å². The van der Waals surface area contributed by atoms with Crippen LogP contribution in [0.1, 0.15) is 51.2 Å². The van der Waals surface area contributed by atoms with Gasteiger partial charge in [-0.3, -0.25) is 9.59 Å². The Kier molecular flexibility index (Phi) is 7.86. The van der Waals surface area contributed by atoms with E-state index in [0.29, 0.717) is 24.2 Å². The Hall–Kier alpha value is -4.93. The summed E-state index contributed by atoms with van der Waals surface area (Å²) in [7, 11) is 1.26. The van der Waals surface area contributed by atoms with Crippen molar-refractivity contribution in [2.75, 3.05) is 20.2 Å². The molecular formula is C30H30N4O7. The lowest BCUT2D eigenvalue weighted by Gasteiger charge is -2.27. The predicted octanol–water partition coefficient (Wildman–Crippen LogP) is 3.16. The third-order valence-corrected chi connectivity index (χ3v) is 7.47. The van der Waals surface area contributed by atoms with Gasteiger partial charge in [0.1, 0.15) is 5.54 Å². The standard InChI is InChI=1S/C30H30N4O7/c1-40-28(38)30(17-21-7-3-4-8-22(21)18-30)32-27(37)24-25(35)23(13-14-31-24)19-9-11-20(12-10-19)26(36)33-41-29(39)34-15-5-2-6-16-34/h3-4,7-14,35H,2,5-6,15-18H2,1H3,(H,32,37)(H,33,36). The van der Waals surface area contributed by atoms with Gasteiger partial charge in [0.15, 0.2) is 11.4 Å².